The second-order valence-electron chi connectivity index (χ2n) is 2.62. The van der Waals surface area contributed by atoms with Crippen LogP contribution in [0.4, 0.5) is 0 Å². The SMILES string of the molecule is C[S+]([O-])c1cc(Br)c([S+](C)[O-])cc1Br. The summed E-state index contributed by atoms with van der Waals surface area (Å²) in [6, 6.07) is 3.47. The third kappa shape index (κ3) is 2.90. The van der Waals surface area contributed by atoms with Crippen LogP contribution in [0, 0.1) is 0 Å². The average molecular weight is 360 g/mol. The average Bonchev–Trinajstić information content (AvgIpc) is 2.07. The van der Waals surface area contributed by atoms with E-state index in [4.69, 9.17) is 0 Å². The van der Waals surface area contributed by atoms with E-state index >= 15 is 0 Å². The Bertz CT molecular complexity index is 309. The largest absolute Gasteiger partial charge is 0.612 e. The van der Waals surface area contributed by atoms with Gasteiger partial charge in [-0.15, -0.1) is 0 Å². The minimum absolute atomic E-state index is 0.700. The number of halogens is 2. The molecule has 6 heteroatoms. The Morgan fingerprint density at radius 2 is 1.21 bits per heavy atom. The van der Waals surface area contributed by atoms with E-state index in [-0.39, 0.29) is 0 Å². The zero-order chi connectivity index (χ0) is 10.9. The topological polar surface area (TPSA) is 46.1 Å². The van der Waals surface area contributed by atoms with E-state index in [1.165, 1.54) is 0 Å². The minimum Gasteiger partial charge on any atom is -0.612 e. The molecule has 2 atom stereocenters. The van der Waals surface area contributed by atoms with Gasteiger partial charge in [-0.2, -0.15) is 0 Å². The lowest BCUT2D eigenvalue weighted by Gasteiger charge is -2.10. The van der Waals surface area contributed by atoms with Crippen LogP contribution in [0.1, 0.15) is 0 Å². The fourth-order valence-electron chi connectivity index (χ4n) is 0.951. The van der Waals surface area contributed by atoms with Crippen LogP contribution >= 0.6 is 31.9 Å². The molecule has 1 rings (SSSR count). The zero-order valence-corrected chi connectivity index (χ0v) is 12.3. The molecule has 0 aromatic heterocycles. The molecule has 0 N–H and O–H groups in total. The predicted octanol–water partition coefficient (Wildman–Crippen LogP) is 2.69. The molecule has 0 heterocycles. The van der Waals surface area contributed by atoms with Crippen molar-refractivity contribution in [3.8, 4) is 0 Å². The van der Waals surface area contributed by atoms with Crippen LogP contribution in [0.15, 0.2) is 30.9 Å². The summed E-state index contributed by atoms with van der Waals surface area (Å²) in [5.41, 5.74) is 0. The molecule has 0 radical (unpaired) electrons. The highest BCUT2D eigenvalue weighted by Gasteiger charge is 2.18. The summed E-state index contributed by atoms with van der Waals surface area (Å²) in [6.45, 7) is 0. The Hall–Kier alpha value is 0.800. The summed E-state index contributed by atoms with van der Waals surface area (Å²) in [4.78, 5) is 1.40. The molecule has 0 aliphatic heterocycles. The van der Waals surface area contributed by atoms with E-state index < -0.39 is 22.4 Å². The maximum atomic E-state index is 11.3. The van der Waals surface area contributed by atoms with Gasteiger partial charge in [0.25, 0.3) is 0 Å². The normalized spacial score (nSPS) is 15.3. The molecule has 0 saturated heterocycles. The van der Waals surface area contributed by atoms with E-state index in [2.05, 4.69) is 31.9 Å². The van der Waals surface area contributed by atoms with Crippen LogP contribution in [-0.4, -0.2) is 21.6 Å². The molecule has 0 aliphatic carbocycles. The molecule has 2 nitrogen and oxygen atoms in total. The highest BCUT2D eigenvalue weighted by atomic mass is 79.9. The Morgan fingerprint density at radius 3 is 1.43 bits per heavy atom. The maximum absolute atomic E-state index is 11.3. The van der Waals surface area contributed by atoms with Gasteiger partial charge in [-0.1, -0.05) is 0 Å². The molecule has 2 unspecified atom stereocenters. The smallest absolute Gasteiger partial charge is 0.168 e. The van der Waals surface area contributed by atoms with E-state index in [1.54, 1.807) is 24.6 Å². The van der Waals surface area contributed by atoms with Gasteiger partial charge in [-0.05, 0) is 54.2 Å². The van der Waals surface area contributed by atoms with Crippen molar-refractivity contribution in [3.05, 3.63) is 21.1 Å². The first-order chi connectivity index (χ1) is 6.43. The van der Waals surface area contributed by atoms with Crippen molar-refractivity contribution in [3.63, 3.8) is 0 Å². The van der Waals surface area contributed by atoms with Crippen molar-refractivity contribution >= 4 is 54.2 Å². The standard InChI is InChI=1S/C8H8Br2O2S2/c1-13(11)7-3-6(10)8(14(2)12)4-5(7)9/h3-4H,1-2H3. The first kappa shape index (κ1) is 12.9. The second kappa shape index (κ2) is 5.23. The van der Waals surface area contributed by atoms with Gasteiger partial charge in [-0.25, -0.2) is 0 Å². The Balaban J connectivity index is 3.24. The molecular formula is C8H8Br2O2S2. The molecule has 1 aromatic rings. The molecule has 0 saturated carbocycles. The van der Waals surface area contributed by atoms with Gasteiger partial charge in [-0.3, -0.25) is 0 Å². The van der Waals surface area contributed by atoms with Gasteiger partial charge >= 0.3 is 0 Å². The van der Waals surface area contributed by atoms with Crippen LogP contribution < -0.4 is 0 Å². The summed E-state index contributed by atoms with van der Waals surface area (Å²) in [6.07, 6.45) is 3.21. The van der Waals surface area contributed by atoms with Crippen molar-refractivity contribution in [2.24, 2.45) is 0 Å². The monoisotopic (exact) mass is 358 g/mol. The number of hydrogen-bond acceptors (Lipinski definition) is 2. The molecule has 0 aliphatic rings. The molecule has 0 bridgehead atoms. The number of hydrogen-bond donors (Lipinski definition) is 0. The summed E-state index contributed by atoms with van der Waals surface area (Å²) >= 11 is 4.51. The fourth-order valence-corrected chi connectivity index (χ4v) is 4.54. The summed E-state index contributed by atoms with van der Waals surface area (Å²) < 4.78 is 24.0. The van der Waals surface area contributed by atoms with Crippen molar-refractivity contribution in [2.75, 3.05) is 12.5 Å². The third-order valence-corrected chi connectivity index (χ3v) is 5.36. The van der Waals surface area contributed by atoms with Gasteiger partial charge in [0.15, 0.2) is 9.79 Å². The Labute approximate surface area is 106 Å². The zero-order valence-electron chi connectivity index (χ0n) is 7.54. The van der Waals surface area contributed by atoms with Crippen LogP contribution in [0.5, 0.6) is 0 Å². The molecular weight excluding hydrogens is 352 g/mol. The third-order valence-electron chi connectivity index (χ3n) is 1.61. The Morgan fingerprint density at radius 1 is 0.929 bits per heavy atom. The quantitative estimate of drug-likeness (QED) is 0.762. The highest BCUT2D eigenvalue weighted by molar-refractivity contribution is 9.11. The van der Waals surface area contributed by atoms with Crippen molar-refractivity contribution in [2.45, 2.75) is 9.79 Å². The molecule has 0 spiro atoms. The molecule has 0 fully saturated rings. The van der Waals surface area contributed by atoms with E-state index in [9.17, 15) is 9.11 Å². The van der Waals surface area contributed by atoms with Crippen LogP contribution in [0.25, 0.3) is 0 Å². The minimum atomic E-state index is -1.05. The van der Waals surface area contributed by atoms with Gasteiger partial charge < -0.3 is 9.11 Å². The first-order valence-electron chi connectivity index (χ1n) is 3.59. The van der Waals surface area contributed by atoms with Crippen molar-refractivity contribution < 1.29 is 9.11 Å². The summed E-state index contributed by atoms with van der Waals surface area (Å²) in [7, 11) is 0. The molecule has 0 amide bonds. The first-order valence-corrected chi connectivity index (χ1v) is 8.29. The molecule has 14 heavy (non-hydrogen) atoms. The molecule has 78 valence electrons. The predicted molar refractivity (Wildman–Crippen MR) is 66.5 cm³/mol. The summed E-state index contributed by atoms with van der Waals surface area (Å²) in [5.74, 6) is 0. The fraction of sp³-hybridized carbons (Fsp3) is 0.250. The second-order valence-corrected chi connectivity index (χ2v) is 7.03. The van der Waals surface area contributed by atoms with Gasteiger partial charge in [0.05, 0.1) is 8.95 Å². The lowest BCUT2D eigenvalue weighted by atomic mass is 10.4. The van der Waals surface area contributed by atoms with Gasteiger partial charge in [0.1, 0.15) is 12.5 Å². The van der Waals surface area contributed by atoms with Crippen LogP contribution in [0.2, 0.25) is 0 Å². The lowest BCUT2D eigenvalue weighted by molar-refractivity contribution is 0.597. The van der Waals surface area contributed by atoms with E-state index in [0.717, 1.165) is 8.95 Å². The van der Waals surface area contributed by atoms with Crippen LogP contribution in [0.3, 0.4) is 0 Å². The van der Waals surface area contributed by atoms with Gasteiger partial charge in [0, 0.05) is 12.1 Å². The van der Waals surface area contributed by atoms with E-state index in [0.29, 0.717) is 9.79 Å². The van der Waals surface area contributed by atoms with Crippen molar-refractivity contribution in [1.82, 2.24) is 0 Å². The number of rotatable bonds is 2. The lowest BCUT2D eigenvalue weighted by Crippen LogP contribution is -2.03. The van der Waals surface area contributed by atoms with Gasteiger partial charge in [0.2, 0.25) is 0 Å². The van der Waals surface area contributed by atoms with E-state index in [1.807, 2.05) is 0 Å². The van der Waals surface area contributed by atoms with Crippen LogP contribution in [-0.2, 0) is 22.4 Å². The number of benzene rings is 1. The highest BCUT2D eigenvalue weighted by Crippen LogP contribution is 2.31. The van der Waals surface area contributed by atoms with Crippen molar-refractivity contribution in [1.29, 1.82) is 0 Å². The Kier molecular flexibility index (Phi) is 4.80. The summed E-state index contributed by atoms with van der Waals surface area (Å²) in [5, 5.41) is 0. The molecule has 1 aromatic carbocycles. The maximum Gasteiger partial charge on any atom is 0.168 e.